The van der Waals surface area contributed by atoms with Gasteiger partial charge in [0.25, 0.3) is 0 Å². The van der Waals surface area contributed by atoms with Crippen LogP contribution in [0.1, 0.15) is 17.2 Å². The third kappa shape index (κ3) is 3.39. The smallest absolute Gasteiger partial charge is 0.319 e. The molecule has 5 N–H and O–H groups in total. The van der Waals surface area contributed by atoms with E-state index in [0.717, 1.165) is 6.07 Å². The predicted octanol–water partition coefficient (Wildman–Crippen LogP) is 2.70. The maximum absolute atomic E-state index is 14.1. The van der Waals surface area contributed by atoms with Gasteiger partial charge in [-0.15, -0.1) is 0 Å². The Morgan fingerprint density at radius 1 is 1.31 bits per heavy atom. The van der Waals surface area contributed by atoms with E-state index < -0.39 is 17.9 Å². The molecule has 0 aliphatic carbocycles. The summed E-state index contributed by atoms with van der Waals surface area (Å²) in [6.45, 7) is 0.121. The van der Waals surface area contributed by atoms with E-state index in [-0.39, 0.29) is 23.8 Å². The van der Waals surface area contributed by atoms with Gasteiger partial charge >= 0.3 is 6.03 Å². The number of amides is 2. The molecule has 2 aromatic rings. The number of methoxy groups -OCH3 is 1. The van der Waals surface area contributed by atoms with Crippen molar-refractivity contribution in [1.29, 1.82) is 0 Å². The average Bonchev–Trinajstić information content (AvgIpc) is 2.99. The maximum atomic E-state index is 14.1. The highest BCUT2D eigenvalue weighted by Crippen LogP contribution is 2.33. The van der Waals surface area contributed by atoms with Gasteiger partial charge in [0.1, 0.15) is 5.82 Å². The first-order chi connectivity index (χ1) is 12.5. The largest absolute Gasteiger partial charge is 0.494 e. The number of benzene rings is 2. The first-order valence-corrected chi connectivity index (χ1v) is 7.89. The molecular formula is C18H18F2N4O2. The van der Waals surface area contributed by atoms with Crippen LogP contribution in [0.2, 0.25) is 0 Å². The van der Waals surface area contributed by atoms with Gasteiger partial charge in [-0.2, -0.15) is 0 Å². The van der Waals surface area contributed by atoms with Gasteiger partial charge in [-0.05, 0) is 18.2 Å². The molecule has 0 fully saturated rings. The van der Waals surface area contributed by atoms with E-state index in [1.807, 2.05) is 0 Å². The van der Waals surface area contributed by atoms with Crippen molar-refractivity contribution in [2.24, 2.45) is 5.73 Å². The average molecular weight is 360 g/mol. The van der Waals surface area contributed by atoms with Gasteiger partial charge in [0.2, 0.25) is 0 Å². The normalized spacial score (nSPS) is 16.7. The van der Waals surface area contributed by atoms with Crippen LogP contribution in [0, 0.1) is 11.6 Å². The monoisotopic (exact) mass is 360 g/mol. The lowest BCUT2D eigenvalue weighted by atomic mass is 10.0. The van der Waals surface area contributed by atoms with Crippen molar-refractivity contribution in [3.8, 4) is 5.75 Å². The Kier molecular flexibility index (Phi) is 4.92. The van der Waals surface area contributed by atoms with Crippen LogP contribution in [-0.4, -0.2) is 19.7 Å². The number of urea groups is 1. The number of halogens is 2. The summed E-state index contributed by atoms with van der Waals surface area (Å²) in [6, 6.07) is 7.78. The lowest BCUT2D eigenvalue weighted by Gasteiger charge is -2.15. The van der Waals surface area contributed by atoms with Gasteiger partial charge in [-0.3, -0.25) is 0 Å². The quantitative estimate of drug-likeness (QED) is 0.675. The van der Waals surface area contributed by atoms with Gasteiger partial charge < -0.3 is 26.4 Å². The van der Waals surface area contributed by atoms with E-state index >= 15 is 0 Å². The minimum atomic E-state index is -0.587. The van der Waals surface area contributed by atoms with Crippen LogP contribution < -0.4 is 26.4 Å². The van der Waals surface area contributed by atoms with Gasteiger partial charge in [0.05, 0.1) is 18.8 Å². The number of fused-ring (bicyclic) bond motifs is 1. The molecule has 8 heteroatoms. The lowest BCUT2D eigenvalue weighted by molar-refractivity contribution is 0.251. The van der Waals surface area contributed by atoms with Crippen LogP contribution in [0.4, 0.5) is 19.3 Å². The number of hydrogen-bond donors (Lipinski definition) is 4. The zero-order chi connectivity index (χ0) is 18.7. The highest BCUT2D eigenvalue weighted by molar-refractivity contribution is 5.89. The summed E-state index contributed by atoms with van der Waals surface area (Å²) < 4.78 is 32.6. The third-order valence-electron chi connectivity index (χ3n) is 4.06. The molecule has 3 rings (SSSR count). The molecule has 0 aromatic heterocycles. The van der Waals surface area contributed by atoms with Gasteiger partial charge in [-0.25, -0.2) is 13.6 Å². The second kappa shape index (κ2) is 7.30. The summed E-state index contributed by atoms with van der Waals surface area (Å²) in [4.78, 5) is 12.0. The maximum Gasteiger partial charge on any atom is 0.319 e. The second-order valence-corrected chi connectivity index (χ2v) is 5.66. The van der Waals surface area contributed by atoms with Crippen LogP contribution in [0.5, 0.6) is 5.75 Å². The minimum Gasteiger partial charge on any atom is -0.494 e. The van der Waals surface area contributed by atoms with Crippen molar-refractivity contribution in [2.45, 2.75) is 6.04 Å². The van der Waals surface area contributed by atoms with Crippen LogP contribution >= 0.6 is 0 Å². The number of carbonyl (C=O) groups excluding carboxylic acids is 1. The van der Waals surface area contributed by atoms with E-state index in [1.165, 1.54) is 31.5 Å². The van der Waals surface area contributed by atoms with Gasteiger partial charge in [-0.1, -0.05) is 12.1 Å². The van der Waals surface area contributed by atoms with Crippen molar-refractivity contribution >= 4 is 17.4 Å². The molecule has 0 saturated carbocycles. The topological polar surface area (TPSA) is 88.4 Å². The zero-order valence-corrected chi connectivity index (χ0v) is 14.0. The van der Waals surface area contributed by atoms with Crippen molar-refractivity contribution < 1.29 is 18.3 Å². The van der Waals surface area contributed by atoms with Gasteiger partial charge in [0.15, 0.2) is 11.6 Å². The summed E-state index contributed by atoms with van der Waals surface area (Å²) >= 11 is 0. The Hall–Kier alpha value is -3.29. The highest BCUT2D eigenvalue weighted by Gasteiger charge is 2.28. The SMILES string of the molecule is COc1ccc(NC(=O)NCC2N/C(=C\N)c3cccc(F)c32)cc1F. The minimum absolute atomic E-state index is 0.0827. The predicted molar refractivity (Wildman–Crippen MR) is 94.4 cm³/mol. The molecule has 26 heavy (non-hydrogen) atoms. The number of nitrogens with one attached hydrogen (secondary N) is 3. The summed E-state index contributed by atoms with van der Waals surface area (Å²) in [5.74, 6) is -0.882. The molecule has 1 aliphatic heterocycles. The van der Waals surface area contributed by atoms with E-state index in [4.69, 9.17) is 10.5 Å². The number of ether oxygens (including phenoxy) is 1. The summed E-state index contributed by atoms with van der Waals surface area (Å²) in [6.07, 6.45) is 1.36. The molecule has 0 bridgehead atoms. The van der Waals surface area contributed by atoms with E-state index in [0.29, 0.717) is 16.8 Å². The van der Waals surface area contributed by atoms with E-state index in [2.05, 4.69) is 16.0 Å². The highest BCUT2D eigenvalue weighted by atomic mass is 19.1. The molecule has 0 radical (unpaired) electrons. The van der Waals surface area contributed by atoms with Gasteiger partial charge in [0, 0.05) is 35.6 Å². The second-order valence-electron chi connectivity index (χ2n) is 5.66. The number of hydrogen-bond acceptors (Lipinski definition) is 4. The fourth-order valence-electron chi connectivity index (χ4n) is 2.87. The molecule has 1 heterocycles. The number of rotatable bonds is 4. The molecule has 1 unspecified atom stereocenters. The summed E-state index contributed by atoms with van der Waals surface area (Å²) in [7, 11) is 1.36. The van der Waals surface area contributed by atoms with Crippen LogP contribution in [0.3, 0.4) is 0 Å². The Morgan fingerprint density at radius 3 is 2.81 bits per heavy atom. The Morgan fingerprint density at radius 2 is 2.12 bits per heavy atom. The number of carbonyl (C=O) groups is 1. The van der Waals surface area contributed by atoms with Crippen LogP contribution in [-0.2, 0) is 0 Å². The number of nitrogens with two attached hydrogens (primary N) is 1. The van der Waals surface area contributed by atoms with Crippen LogP contribution in [0.15, 0.2) is 42.6 Å². The molecule has 1 aliphatic rings. The third-order valence-corrected chi connectivity index (χ3v) is 4.06. The Bertz CT molecular complexity index is 870. The van der Waals surface area contributed by atoms with Crippen molar-refractivity contribution in [2.75, 3.05) is 19.0 Å². The molecule has 2 aromatic carbocycles. The zero-order valence-electron chi connectivity index (χ0n) is 14.0. The van der Waals surface area contributed by atoms with E-state index in [9.17, 15) is 13.6 Å². The molecule has 6 nitrogen and oxygen atoms in total. The Labute approximate surface area is 149 Å². The van der Waals surface area contributed by atoms with Crippen molar-refractivity contribution in [3.05, 3.63) is 65.4 Å². The fraction of sp³-hybridized carbons (Fsp3) is 0.167. The number of anilines is 1. The summed E-state index contributed by atoms with van der Waals surface area (Å²) in [5, 5.41) is 8.22. The lowest BCUT2D eigenvalue weighted by Crippen LogP contribution is -2.35. The van der Waals surface area contributed by atoms with E-state index in [1.54, 1.807) is 12.1 Å². The first-order valence-electron chi connectivity index (χ1n) is 7.89. The van der Waals surface area contributed by atoms with Crippen molar-refractivity contribution in [3.63, 3.8) is 0 Å². The van der Waals surface area contributed by atoms with Crippen LogP contribution in [0.25, 0.3) is 5.70 Å². The first kappa shape index (κ1) is 17.5. The Balaban J connectivity index is 1.65. The van der Waals surface area contributed by atoms with Crippen molar-refractivity contribution in [1.82, 2.24) is 10.6 Å². The standard InChI is InChI=1S/C18H18F2N4O2/c1-26-16-6-5-10(7-13(16)20)23-18(25)22-9-15-17-11(14(8-21)24-15)3-2-4-12(17)19/h2-8,15,24H,9,21H2,1H3,(H2,22,23,25)/b14-8-. The molecule has 136 valence electrons. The fourth-order valence-corrected chi connectivity index (χ4v) is 2.87. The molecule has 0 spiro atoms. The molecule has 2 amide bonds. The summed E-state index contributed by atoms with van der Waals surface area (Å²) in [5.41, 5.74) is 7.55. The molecule has 1 atom stereocenters. The molecular weight excluding hydrogens is 342 g/mol. The molecule has 0 saturated heterocycles.